The van der Waals surface area contributed by atoms with Crippen molar-refractivity contribution in [3.63, 3.8) is 0 Å². The maximum Gasteiger partial charge on any atom is 0.347 e. The number of fused-ring (bicyclic) bond motifs is 3. The van der Waals surface area contributed by atoms with E-state index in [-0.39, 0.29) is 11.0 Å². The zero-order chi connectivity index (χ0) is 30.6. The Morgan fingerprint density at radius 3 is 2.40 bits per heavy atom. The van der Waals surface area contributed by atoms with Gasteiger partial charge in [0.1, 0.15) is 41.0 Å². The van der Waals surface area contributed by atoms with Gasteiger partial charge in [-0.15, -0.1) is 10.2 Å². The molecule has 0 amide bonds. The maximum atomic E-state index is 13.0. The van der Waals surface area contributed by atoms with Crippen LogP contribution < -0.4 is 44.5 Å². The Morgan fingerprint density at radius 1 is 1.07 bits per heavy atom. The average Bonchev–Trinajstić information content (AvgIpc) is 2.94. The van der Waals surface area contributed by atoms with Crippen LogP contribution in [0, 0.1) is 10.2 Å². The molecule has 0 bridgehead atoms. The van der Waals surface area contributed by atoms with Crippen molar-refractivity contribution < 1.29 is 47.7 Å². The normalized spacial score (nSPS) is 15.9. The van der Waals surface area contributed by atoms with Crippen molar-refractivity contribution in [2.75, 3.05) is 31.1 Å². The molecule has 0 radical (unpaired) electrons. The summed E-state index contributed by atoms with van der Waals surface area (Å²) in [4.78, 5) is 15.3. The van der Waals surface area contributed by atoms with Crippen molar-refractivity contribution in [2.45, 2.75) is 47.0 Å². The van der Waals surface area contributed by atoms with E-state index < -0.39 is 15.9 Å². The molecule has 10 nitrogen and oxygen atoms in total. The molecule has 2 heterocycles. The molecule has 0 saturated heterocycles. The predicted octanol–water partition coefficient (Wildman–Crippen LogP) is -0.874. The molecule has 0 spiro atoms. The second-order valence-electron chi connectivity index (χ2n) is 9.89. The highest BCUT2D eigenvalue weighted by molar-refractivity contribution is 6.17. The summed E-state index contributed by atoms with van der Waals surface area (Å²) >= 11 is 0. The van der Waals surface area contributed by atoms with Gasteiger partial charge >= 0.3 is 5.63 Å². The fraction of sp³-hybridized carbons (Fsp3) is 0.355. The molecular weight excluding hydrogens is 564 g/mol. The van der Waals surface area contributed by atoms with Gasteiger partial charge < -0.3 is 19.2 Å². The molecule has 1 aliphatic heterocycles. The molecular formula is C31H35ClN2O8. The van der Waals surface area contributed by atoms with Crippen molar-refractivity contribution in [3.8, 4) is 11.5 Å². The van der Waals surface area contributed by atoms with Gasteiger partial charge in [0, 0.05) is 37.3 Å². The molecule has 0 atom stereocenters. The first-order valence-corrected chi connectivity index (χ1v) is 15.2. The van der Waals surface area contributed by atoms with Crippen LogP contribution in [0.15, 0.2) is 56.5 Å². The van der Waals surface area contributed by atoms with Crippen LogP contribution in [0.2, 0.25) is 0 Å². The van der Waals surface area contributed by atoms with Gasteiger partial charge in [-0.05, 0) is 75.5 Å². The third-order valence-electron chi connectivity index (χ3n) is 7.51. The van der Waals surface area contributed by atoms with Gasteiger partial charge in [-0.2, -0.15) is 0 Å². The van der Waals surface area contributed by atoms with E-state index in [1.807, 2.05) is 18.2 Å². The van der Waals surface area contributed by atoms with E-state index in [4.69, 9.17) is 27.8 Å². The summed E-state index contributed by atoms with van der Waals surface area (Å²) in [5.41, 5.74) is 5.63. The van der Waals surface area contributed by atoms with Crippen LogP contribution in [-0.2, 0) is 6.42 Å². The van der Waals surface area contributed by atoms with Crippen molar-refractivity contribution in [1.29, 1.82) is 0 Å². The highest BCUT2D eigenvalue weighted by atomic mass is 35.7. The van der Waals surface area contributed by atoms with Crippen molar-refractivity contribution in [2.24, 2.45) is 0 Å². The smallest absolute Gasteiger partial charge is 0.347 e. The maximum absolute atomic E-state index is 13.0. The SMILES string of the molecule is CCN(CC)c1ccc2c(c1)OC1=C(C=c3c(O)c4c(oc3=O)=CC(=[N+](CC)CC)C=C4)CCC=C1C2.[O-][Cl+3]([O-])([O-])[O-]. The number of anilines is 1. The van der Waals surface area contributed by atoms with Crippen LogP contribution in [0.3, 0.4) is 0 Å². The first-order valence-electron chi connectivity index (χ1n) is 14.0. The first-order chi connectivity index (χ1) is 20.0. The number of benzene rings is 1. The van der Waals surface area contributed by atoms with Gasteiger partial charge in [0.05, 0.1) is 11.6 Å². The number of allylic oxidation sites excluding steroid dienone is 4. The van der Waals surface area contributed by atoms with Gasteiger partial charge in [-0.25, -0.2) is 28.0 Å². The topological polar surface area (TPSA) is 158 Å². The van der Waals surface area contributed by atoms with Crippen molar-refractivity contribution >= 4 is 29.6 Å². The van der Waals surface area contributed by atoms with E-state index in [0.717, 1.165) is 85.1 Å². The van der Waals surface area contributed by atoms with Gasteiger partial charge in [0.2, 0.25) is 5.71 Å². The molecule has 0 unspecified atom stereocenters. The molecule has 42 heavy (non-hydrogen) atoms. The van der Waals surface area contributed by atoms with Crippen molar-refractivity contribution in [3.05, 3.63) is 79.4 Å². The summed E-state index contributed by atoms with van der Waals surface area (Å²) in [5.74, 6) is 1.58. The second kappa shape index (κ2) is 13.1. The van der Waals surface area contributed by atoms with Gasteiger partial charge in [-0.1, -0.05) is 12.1 Å². The molecule has 11 heteroatoms. The standard InChI is InChI=1S/C31H34N2O4.ClHO4/c1-5-32(6-2)23-13-12-20-16-21-10-9-11-22(30(21)36-27(20)18-23)17-26-29(34)25-15-14-24(33(7-3)8-4)19-28(25)37-31(26)35;2-1(3,4)5/h10,12-15,17-19H,5-9,11,16H2,1-4H3;(H,2,3,4,5). The summed E-state index contributed by atoms with van der Waals surface area (Å²) in [6.45, 7) is 12.0. The van der Waals surface area contributed by atoms with E-state index in [1.165, 1.54) is 0 Å². The molecule has 224 valence electrons. The van der Waals surface area contributed by atoms with Crippen molar-refractivity contribution in [1.82, 2.24) is 0 Å². The van der Waals surface area contributed by atoms with Gasteiger partial charge in [0.15, 0.2) is 0 Å². The lowest BCUT2D eigenvalue weighted by Crippen LogP contribution is -2.68. The van der Waals surface area contributed by atoms with E-state index in [9.17, 15) is 9.90 Å². The lowest BCUT2D eigenvalue weighted by Gasteiger charge is -2.29. The highest BCUT2D eigenvalue weighted by Crippen LogP contribution is 2.39. The molecule has 0 saturated carbocycles. The number of hydrogen-bond donors (Lipinski definition) is 1. The zero-order valence-corrected chi connectivity index (χ0v) is 24.9. The third kappa shape index (κ3) is 7.03. The number of hydrogen-bond acceptors (Lipinski definition) is 9. The Kier molecular flexibility index (Phi) is 9.75. The fourth-order valence-electron chi connectivity index (χ4n) is 5.40. The number of ether oxygens (including phenoxy) is 1. The lowest BCUT2D eigenvalue weighted by molar-refractivity contribution is -2.00. The zero-order valence-electron chi connectivity index (χ0n) is 24.1. The predicted molar refractivity (Wildman–Crippen MR) is 149 cm³/mol. The minimum atomic E-state index is -4.94. The van der Waals surface area contributed by atoms with Crippen LogP contribution >= 0.6 is 0 Å². The van der Waals surface area contributed by atoms with E-state index in [0.29, 0.717) is 11.0 Å². The average molecular weight is 599 g/mol. The van der Waals surface area contributed by atoms with Crippen LogP contribution in [0.25, 0.3) is 18.2 Å². The van der Waals surface area contributed by atoms with Crippen LogP contribution in [-0.4, -0.2) is 41.6 Å². The Morgan fingerprint density at radius 2 is 1.76 bits per heavy atom. The summed E-state index contributed by atoms with van der Waals surface area (Å²) in [6, 6.07) is 6.41. The van der Waals surface area contributed by atoms with Crippen LogP contribution in [0.4, 0.5) is 5.69 Å². The molecule has 1 N–H and O–H groups in total. The number of nitrogens with zero attached hydrogens (tertiary/aromatic N) is 2. The number of halogens is 1. The van der Waals surface area contributed by atoms with Crippen LogP contribution in [0.5, 0.6) is 11.5 Å². The molecule has 2 aliphatic carbocycles. The summed E-state index contributed by atoms with van der Waals surface area (Å²) in [5, 5.41) is 11.3. The molecule has 3 aliphatic rings. The minimum Gasteiger partial charge on any atom is -0.506 e. The summed E-state index contributed by atoms with van der Waals surface area (Å²) in [6.07, 6.45) is 11.9. The molecule has 2 aromatic rings. The van der Waals surface area contributed by atoms with E-state index >= 15 is 0 Å². The first kappa shape index (κ1) is 31.3. The Bertz CT molecular complexity index is 1650. The molecule has 5 rings (SSSR count). The summed E-state index contributed by atoms with van der Waals surface area (Å²) < 4.78 is 48.3. The second-order valence-corrected chi connectivity index (χ2v) is 10.6. The third-order valence-corrected chi connectivity index (χ3v) is 7.51. The quantitative estimate of drug-likeness (QED) is 0.417. The molecule has 1 aromatic heterocycles. The Balaban J connectivity index is 0.000000748. The number of aromatic hydroxyl groups is 1. The van der Waals surface area contributed by atoms with Gasteiger partial charge in [-0.3, -0.25) is 0 Å². The Hall–Kier alpha value is -3.67. The summed E-state index contributed by atoms with van der Waals surface area (Å²) in [7, 11) is -4.94. The molecule has 0 fully saturated rings. The monoisotopic (exact) mass is 598 g/mol. The lowest BCUT2D eigenvalue weighted by atomic mass is 9.90. The van der Waals surface area contributed by atoms with E-state index in [2.05, 4.69) is 61.4 Å². The van der Waals surface area contributed by atoms with Crippen LogP contribution in [0.1, 0.15) is 51.7 Å². The Labute approximate surface area is 246 Å². The van der Waals surface area contributed by atoms with E-state index in [1.54, 1.807) is 6.08 Å². The number of rotatable bonds is 6. The van der Waals surface area contributed by atoms with Gasteiger partial charge in [0.25, 0.3) is 0 Å². The largest absolute Gasteiger partial charge is 0.506 e. The highest BCUT2D eigenvalue weighted by Gasteiger charge is 2.26. The fourth-order valence-corrected chi connectivity index (χ4v) is 5.40. The minimum absolute atomic E-state index is 0.0541. The molecule has 1 aromatic carbocycles.